The van der Waals surface area contributed by atoms with Gasteiger partial charge in [-0.3, -0.25) is 14.5 Å². The molecule has 2 aliphatic heterocycles. The molecule has 0 unspecified atom stereocenters. The first-order valence-electron chi connectivity index (χ1n) is 9.75. The van der Waals surface area contributed by atoms with Gasteiger partial charge in [-0.05, 0) is 12.5 Å². The molecule has 0 aromatic heterocycles. The van der Waals surface area contributed by atoms with E-state index in [1.807, 2.05) is 41.0 Å². The van der Waals surface area contributed by atoms with Crippen LogP contribution in [0.15, 0.2) is 24.3 Å². The molecule has 2 heterocycles. The molecule has 0 spiro atoms. The molecule has 0 N–H and O–H groups in total. The number of nitrogens with zero attached hydrogens (tertiary/aromatic N) is 3. The van der Waals surface area contributed by atoms with E-state index in [1.54, 1.807) is 11.8 Å². The van der Waals surface area contributed by atoms with Crippen LogP contribution in [0.1, 0.15) is 37.6 Å². The summed E-state index contributed by atoms with van der Waals surface area (Å²) in [4.78, 5) is 31.0. The fourth-order valence-corrected chi connectivity index (χ4v) is 5.46. The summed E-state index contributed by atoms with van der Waals surface area (Å²) in [7, 11) is 0. The molecule has 148 valence electrons. The maximum absolute atomic E-state index is 12.9. The molecule has 1 aromatic carbocycles. The van der Waals surface area contributed by atoms with Crippen molar-refractivity contribution in [1.82, 2.24) is 14.7 Å². The minimum Gasteiger partial charge on any atom is -0.340 e. The number of thioether (sulfide) groups is 1. The third-order valence-corrected chi connectivity index (χ3v) is 7.34. The van der Waals surface area contributed by atoms with E-state index in [0.717, 1.165) is 49.7 Å². The third kappa shape index (κ3) is 4.61. The lowest BCUT2D eigenvalue weighted by Gasteiger charge is -2.36. The number of amides is 2. The number of carbonyl (C=O) groups excluding carboxylic acids is 2. The summed E-state index contributed by atoms with van der Waals surface area (Å²) in [6.45, 7) is 8.79. The maximum Gasteiger partial charge on any atom is 0.236 e. The van der Waals surface area contributed by atoms with E-state index in [2.05, 4.69) is 11.8 Å². The van der Waals surface area contributed by atoms with Crippen molar-refractivity contribution in [3.05, 3.63) is 34.9 Å². The second kappa shape index (κ2) is 9.30. The summed E-state index contributed by atoms with van der Waals surface area (Å²) in [5, 5.41) is 0.709. The zero-order chi connectivity index (χ0) is 19.4. The van der Waals surface area contributed by atoms with Crippen LogP contribution in [0.4, 0.5) is 0 Å². The highest BCUT2D eigenvalue weighted by atomic mass is 35.5. The van der Waals surface area contributed by atoms with Gasteiger partial charge in [0.2, 0.25) is 11.8 Å². The maximum atomic E-state index is 12.9. The quantitative estimate of drug-likeness (QED) is 0.723. The van der Waals surface area contributed by atoms with Gasteiger partial charge in [0, 0.05) is 56.3 Å². The Kier molecular flexibility index (Phi) is 7.06. The van der Waals surface area contributed by atoms with Crippen LogP contribution in [0.5, 0.6) is 0 Å². The Morgan fingerprint density at radius 1 is 1.15 bits per heavy atom. The van der Waals surface area contributed by atoms with Crippen LogP contribution in [0, 0.1) is 0 Å². The highest BCUT2D eigenvalue weighted by molar-refractivity contribution is 8.01. The van der Waals surface area contributed by atoms with E-state index in [-0.39, 0.29) is 22.4 Å². The summed E-state index contributed by atoms with van der Waals surface area (Å²) in [6, 6.07) is 7.82. The van der Waals surface area contributed by atoms with Gasteiger partial charge in [0.15, 0.2) is 0 Å². The number of benzene rings is 1. The molecule has 0 bridgehead atoms. The number of carbonyl (C=O) groups is 2. The van der Waals surface area contributed by atoms with Crippen molar-refractivity contribution in [2.45, 2.75) is 37.3 Å². The number of hydrogen-bond donors (Lipinski definition) is 0. The van der Waals surface area contributed by atoms with E-state index in [4.69, 9.17) is 11.6 Å². The molecule has 2 aliphatic rings. The summed E-state index contributed by atoms with van der Waals surface area (Å²) >= 11 is 8.13. The van der Waals surface area contributed by atoms with Crippen molar-refractivity contribution in [3.63, 3.8) is 0 Å². The first kappa shape index (κ1) is 20.5. The standard InChI is InChI=1S/C20H28ClN3O2S/c1-3-17-19(26)24(20(27-17)15-7-5-6-8-16(15)21)14-11-22-9-12-23(13-10-22)18(25)4-2/h5-8,17,20H,3-4,9-14H2,1-2H3/t17-,20+/m1/s1. The fourth-order valence-electron chi connectivity index (χ4n) is 3.70. The Balaban J connectivity index is 1.63. The lowest BCUT2D eigenvalue weighted by atomic mass is 10.2. The molecule has 0 saturated carbocycles. The van der Waals surface area contributed by atoms with Crippen LogP contribution in [-0.4, -0.2) is 71.0 Å². The number of hydrogen-bond acceptors (Lipinski definition) is 4. The van der Waals surface area contributed by atoms with E-state index < -0.39 is 0 Å². The topological polar surface area (TPSA) is 43.9 Å². The van der Waals surface area contributed by atoms with Crippen molar-refractivity contribution >= 4 is 35.2 Å². The van der Waals surface area contributed by atoms with Crippen molar-refractivity contribution in [1.29, 1.82) is 0 Å². The van der Waals surface area contributed by atoms with Gasteiger partial charge in [-0.1, -0.05) is 43.6 Å². The van der Waals surface area contributed by atoms with Crippen molar-refractivity contribution < 1.29 is 9.59 Å². The molecule has 5 nitrogen and oxygen atoms in total. The average Bonchev–Trinajstić information content (AvgIpc) is 3.02. The zero-order valence-corrected chi connectivity index (χ0v) is 17.6. The third-order valence-electron chi connectivity index (χ3n) is 5.36. The summed E-state index contributed by atoms with van der Waals surface area (Å²) < 4.78 is 0. The first-order chi connectivity index (χ1) is 13.0. The van der Waals surface area contributed by atoms with Gasteiger partial charge in [-0.25, -0.2) is 0 Å². The Bertz CT molecular complexity index is 679. The molecule has 3 rings (SSSR count). The predicted molar refractivity (Wildman–Crippen MR) is 111 cm³/mol. The molecule has 1 aromatic rings. The van der Waals surface area contributed by atoms with Crippen LogP contribution in [0.25, 0.3) is 0 Å². The van der Waals surface area contributed by atoms with Gasteiger partial charge in [-0.15, -0.1) is 11.8 Å². The Morgan fingerprint density at radius 3 is 2.48 bits per heavy atom. The highest BCUT2D eigenvalue weighted by Gasteiger charge is 2.40. The molecular formula is C20H28ClN3O2S. The number of rotatable bonds is 6. The van der Waals surface area contributed by atoms with Crippen molar-refractivity contribution in [3.8, 4) is 0 Å². The van der Waals surface area contributed by atoms with Crippen LogP contribution < -0.4 is 0 Å². The van der Waals surface area contributed by atoms with E-state index >= 15 is 0 Å². The second-order valence-corrected chi connectivity index (χ2v) is 8.71. The van der Waals surface area contributed by atoms with Crippen molar-refractivity contribution in [2.24, 2.45) is 0 Å². The Labute approximate surface area is 171 Å². The molecule has 2 fully saturated rings. The molecule has 0 radical (unpaired) electrons. The zero-order valence-electron chi connectivity index (χ0n) is 16.1. The van der Waals surface area contributed by atoms with Gasteiger partial charge in [0.05, 0.1) is 5.25 Å². The van der Waals surface area contributed by atoms with Gasteiger partial charge in [0.25, 0.3) is 0 Å². The van der Waals surface area contributed by atoms with Crippen LogP contribution in [0.2, 0.25) is 5.02 Å². The molecule has 2 atom stereocenters. The SMILES string of the molecule is CCC(=O)N1CCN(CCN2C(=O)[C@@H](CC)S[C@H]2c2ccccc2Cl)CC1. The van der Waals surface area contributed by atoms with Crippen molar-refractivity contribution in [2.75, 3.05) is 39.3 Å². The van der Waals surface area contributed by atoms with E-state index in [0.29, 0.717) is 13.0 Å². The largest absolute Gasteiger partial charge is 0.340 e. The molecule has 7 heteroatoms. The molecule has 2 saturated heterocycles. The second-order valence-electron chi connectivity index (χ2n) is 7.01. The average molecular weight is 410 g/mol. The molecule has 27 heavy (non-hydrogen) atoms. The van der Waals surface area contributed by atoms with Gasteiger partial charge in [0.1, 0.15) is 5.37 Å². The predicted octanol–water partition coefficient (Wildman–Crippen LogP) is 3.25. The molecule has 2 amide bonds. The lowest BCUT2D eigenvalue weighted by molar-refractivity contribution is -0.132. The van der Waals surface area contributed by atoms with E-state index in [9.17, 15) is 9.59 Å². The van der Waals surface area contributed by atoms with Gasteiger partial charge < -0.3 is 9.80 Å². The first-order valence-corrected chi connectivity index (χ1v) is 11.1. The summed E-state index contributed by atoms with van der Waals surface area (Å²) in [5.74, 6) is 0.442. The minimum absolute atomic E-state index is 0.00490. The van der Waals surface area contributed by atoms with Crippen LogP contribution in [0.3, 0.4) is 0 Å². The van der Waals surface area contributed by atoms with Gasteiger partial charge in [-0.2, -0.15) is 0 Å². The minimum atomic E-state index is -0.0147. The highest BCUT2D eigenvalue weighted by Crippen LogP contribution is 2.45. The lowest BCUT2D eigenvalue weighted by Crippen LogP contribution is -2.50. The smallest absolute Gasteiger partial charge is 0.236 e. The van der Waals surface area contributed by atoms with E-state index in [1.165, 1.54) is 0 Å². The number of piperazine rings is 1. The monoisotopic (exact) mass is 409 g/mol. The summed E-state index contributed by atoms with van der Waals surface area (Å²) in [5.41, 5.74) is 1.02. The Hall–Kier alpha value is -1.24. The van der Waals surface area contributed by atoms with Crippen LogP contribution in [-0.2, 0) is 9.59 Å². The van der Waals surface area contributed by atoms with Crippen LogP contribution >= 0.6 is 23.4 Å². The normalized spacial score (nSPS) is 23.9. The number of halogens is 1. The fraction of sp³-hybridized carbons (Fsp3) is 0.600. The molecular weight excluding hydrogens is 382 g/mol. The van der Waals surface area contributed by atoms with Gasteiger partial charge >= 0.3 is 0 Å². The Morgan fingerprint density at radius 2 is 1.85 bits per heavy atom. The summed E-state index contributed by atoms with van der Waals surface area (Å²) in [6.07, 6.45) is 1.40. The molecule has 0 aliphatic carbocycles.